The van der Waals surface area contributed by atoms with Crippen LogP contribution in [-0.2, 0) is 11.2 Å². The smallest absolute Gasteiger partial charge is 0.226 e. The number of carbonyl (C=O) groups excluding carboxylic acids is 1. The van der Waals surface area contributed by atoms with E-state index in [1.54, 1.807) is 26.0 Å². The summed E-state index contributed by atoms with van der Waals surface area (Å²) in [5.74, 6) is 3.07. The molecule has 1 aliphatic heterocycles. The van der Waals surface area contributed by atoms with Crippen molar-refractivity contribution in [3.8, 4) is 22.8 Å². The first-order valence-electron chi connectivity index (χ1n) is 10.6. The fourth-order valence-electron chi connectivity index (χ4n) is 4.15. The molecule has 0 unspecified atom stereocenters. The number of hydrogen-bond acceptors (Lipinski definition) is 5. The Morgan fingerprint density at radius 1 is 1.10 bits per heavy atom. The molecule has 0 N–H and O–H groups in total. The lowest BCUT2D eigenvalue weighted by atomic mass is 9.98. The monoisotopic (exact) mass is 439 g/mol. The van der Waals surface area contributed by atoms with Gasteiger partial charge in [-0.1, -0.05) is 13.0 Å². The molecule has 5 nitrogen and oxygen atoms in total. The maximum atomic E-state index is 12.8. The Labute approximate surface area is 187 Å². The Morgan fingerprint density at radius 3 is 2.52 bits per heavy atom. The van der Waals surface area contributed by atoms with Crippen LogP contribution in [0.25, 0.3) is 22.3 Å². The number of furan rings is 1. The van der Waals surface area contributed by atoms with E-state index in [2.05, 4.69) is 13.0 Å². The Bertz CT molecular complexity index is 1080. The Kier molecular flexibility index (Phi) is 6.46. The zero-order chi connectivity index (χ0) is 22.0. The summed E-state index contributed by atoms with van der Waals surface area (Å²) in [4.78, 5) is 15.9. The molecular formula is C25H29NO4S. The van der Waals surface area contributed by atoms with E-state index in [4.69, 9.17) is 13.9 Å². The molecule has 0 saturated carbocycles. The maximum Gasteiger partial charge on any atom is 0.226 e. The van der Waals surface area contributed by atoms with Gasteiger partial charge in [0.1, 0.15) is 11.3 Å². The molecule has 4 rings (SSSR count). The van der Waals surface area contributed by atoms with Crippen LogP contribution in [0.5, 0.6) is 11.5 Å². The zero-order valence-corrected chi connectivity index (χ0v) is 19.4. The van der Waals surface area contributed by atoms with Crippen LogP contribution in [0.3, 0.4) is 0 Å². The van der Waals surface area contributed by atoms with E-state index in [0.29, 0.717) is 23.8 Å². The highest BCUT2D eigenvalue weighted by atomic mass is 32.2. The molecule has 0 spiro atoms. The normalized spacial score (nSPS) is 14.8. The van der Waals surface area contributed by atoms with Gasteiger partial charge in [-0.2, -0.15) is 0 Å². The van der Waals surface area contributed by atoms with Gasteiger partial charge in [-0.05, 0) is 60.9 Å². The van der Waals surface area contributed by atoms with Gasteiger partial charge in [-0.15, -0.1) is 11.8 Å². The lowest BCUT2D eigenvalue weighted by Crippen LogP contribution is -2.38. The summed E-state index contributed by atoms with van der Waals surface area (Å²) >= 11 is 1.64. The molecule has 1 saturated heterocycles. The van der Waals surface area contributed by atoms with Crippen LogP contribution in [0.15, 0.2) is 45.7 Å². The highest BCUT2D eigenvalue weighted by molar-refractivity contribution is 7.99. The number of methoxy groups -OCH3 is 2. The van der Waals surface area contributed by atoms with Crippen molar-refractivity contribution in [1.29, 1.82) is 0 Å². The summed E-state index contributed by atoms with van der Waals surface area (Å²) in [6, 6.07) is 11.9. The highest BCUT2D eigenvalue weighted by Crippen LogP contribution is 2.42. The van der Waals surface area contributed by atoms with Crippen LogP contribution in [-0.4, -0.2) is 44.4 Å². The summed E-state index contributed by atoms with van der Waals surface area (Å²) in [6.45, 7) is 4.00. The van der Waals surface area contributed by atoms with Gasteiger partial charge in [0.15, 0.2) is 11.5 Å². The topological polar surface area (TPSA) is 51.9 Å². The summed E-state index contributed by atoms with van der Waals surface area (Å²) in [6.07, 6.45) is 4.66. The first kappa shape index (κ1) is 21.6. The van der Waals surface area contributed by atoms with E-state index in [1.807, 2.05) is 41.5 Å². The van der Waals surface area contributed by atoms with Crippen molar-refractivity contribution in [3.63, 3.8) is 0 Å². The lowest BCUT2D eigenvalue weighted by molar-refractivity contribution is -0.131. The fraction of sp³-hybridized carbons (Fsp3) is 0.400. The van der Waals surface area contributed by atoms with Crippen LogP contribution >= 0.6 is 11.8 Å². The Balaban J connectivity index is 1.64. The minimum atomic E-state index is 0.209. The number of likely N-dealkylation sites (tertiary alicyclic amines) is 1. The molecule has 0 atom stereocenters. The van der Waals surface area contributed by atoms with E-state index in [9.17, 15) is 4.79 Å². The second-order valence-electron chi connectivity index (χ2n) is 8.10. The second-order valence-corrected chi connectivity index (χ2v) is 8.92. The molecule has 164 valence electrons. The second kappa shape index (κ2) is 9.27. The van der Waals surface area contributed by atoms with Crippen LogP contribution in [0.2, 0.25) is 0 Å². The van der Waals surface area contributed by atoms with Crippen molar-refractivity contribution >= 4 is 28.6 Å². The third-order valence-corrected chi connectivity index (χ3v) is 6.86. The first-order chi connectivity index (χ1) is 15.0. The minimum absolute atomic E-state index is 0.209. The number of piperidine rings is 1. The van der Waals surface area contributed by atoms with E-state index in [-0.39, 0.29) is 5.91 Å². The van der Waals surface area contributed by atoms with E-state index in [0.717, 1.165) is 58.7 Å². The molecule has 1 aromatic heterocycles. The van der Waals surface area contributed by atoms with Crippen molar-refractivity contribution in [2.24, 2.45) is 5.92 Å². The van der Waals surface area contributed by atoms with Gasteiger partial charge in [0, 0.05) is 24.0 Å². The summed E-state index contributed by atoms with van der Waals surface area (Å²) in [7, 11) is 3.25. The molecule has 31 heavy (non-hydrogen) atoms. The lowest BCUT2D eigenvalue weighted by Gasteiger charge is -2.30. The molecule has 2 heterocycles. The van der Waals surface area contributed by atoms with Gasteiger partial charge < -0.3 is 18.8 Å². The Hall–Kier alpha value is -2.60. The molecule has 6 heteroatoms. The van der Waals surface area contributed by atoms with Crippen molar-refractivity contribution < 1.29 is 18.7 Å². The molecule has 0 radical (unpaired) electrons. The Morgan fingerprint density at radius 2 is 1.84 bits per heavy atom. The van der Waals surface area contributed by atoms with Crippen molar-refractivity contribution in [2.75, 3.05) is 33.6 Å². The van der Waals surface area contributed by atoms with Crippen LogP contribution < -0.4 is 9.47 Å². The van der Waals surface area contributed by atoms with Gasteiger partial charge in [0.2, 0.25) is 5.91 Å². The zero-order valence-electron chi connectivity index (χ0n) is 18.6. The number of ether oxygens (including phenoxy) is 2. The minimum Gasteiger partial charge on any atom is -0.493 e. The predicted molar refractivity (Wildman–Crippen MR) is 125 cm³/mol. The predicted octanol–water partition coefficient (Wildman–Crippen LogP) is 5.64. The summed E-state index contributed by atoms with van der Waals surface area (Å²) < 4.78 is 17.0. The van der Waals surface area contributed by atoms with Crippen LogP contribution in [0, 0.1) is 5.92 Å². The molecule has 1 aliphatic rings. The molecule has 2 aromatic carbocycles. The number of benzene rings is 2. The number of hydrogen-bond donors (Lipinski definition) is 0. The van der Waals surface area contributed by atoms with Gasteiger partial charge in [0.25, 0.3) is 0 Å². The number of carbonyl (C=O) groups is 1. The highest BCUT2D eigenvalue weighted by Gasteiger charge is 2.22. The quantitative estimate of drug-likeness (QED) is 0.465. The van der Waals surface area contributed by atoms with Crippen molar-refractivity contribution in [1.82, 2.24) is 4.90 Å². The van der Waals surface area contributed by atoms with Crippen molar-refractivity contribution in [3.05, 3.63) is 42.0 Å². The van der Waals surface area contributed by atoms with Crippen molar-refractivity contribution in [2.45, 2.75) is 31.1 Å². The van der Waals surface area contributed by atoms with E-state index in [1.165, 1.54) is 0 Å². The number of rotatable bonds is 6. The van der Waals surface area contributed by atoms with Crippen LogP contribution in [0.1, 0.15) is 25.3 Å². The number of fused-ring (bicyclic) bond motifs is 1. The SMILES string of the molecule is COc1ccc(-c2oc3ccc(CC(=O)N4CCC(C)CC4)cc3c2SC)cc1OC. The third kappa shape index (κ3) is 4.40. The average Bonchev–Trinajstić information content (AvgIpc) is 3.16. The third-order valence-electron chi connectivity index (χ3n) is 6.05. The molecule has 1 fully saturated rings. The molecule has 1 amide bonds. The number of amides is 1. The van der Waals surface area contributed by atoms with Gasteiger partial charge >= 0.3 is 0 Å². The molecule has 0 bridgehead atoms. The van der Waals surface area contributed by atoms with E-state index >= 15 is 0 Å². The standard InChI is InChI=1S/C25H29NO4S/c1-16-9-11-26(12-10-16)23(27)14-17-5-7-20-19(13-17)25(31-4)24(30-20)18-6-8-21(28-2)22(15-18)29-3/h5-8,13,15-16H,9-12,14H2,1-4H3. The number of thioether (sulfide) groups is 1. The largest absolute Gasteiger partial charge is 0.493 e. The van der Waals surface area contributed by atoms with Gasteiger partial charge in [0.05, 0.1) is 25.5 Å². The van der Waals surface area contributed by atoms with Gasteiger partial charge in [-0.25, -0.2) is 0 Å². The molecule has 0 aliphatic carbocycles. The van der Waals surface area contributed by atoms with Crippen LogP contribution in [0.4, 0.5) is 0 Å². The van der Waals surface area contributed by atoms with Gasteiger partial charge in [-0.3, -0.25) is 4.79 Å². The number of nitrogens with zero attached hydrogens (tertiary/aromatic N) is 1. The maximum absolute atomic E-state index is 12.8. The first-order valence-corrected chi connectivity index (χ1v) is 11.9. The summed E-state index contributed by atoms with van der Waals surface area (Å²) in [5.41, 5.74) is 2.77. The average molecular weight is 440 g/mol. The van der Waals surface area contributed by atoms with E-state index < -0.39 is 0 Å². The fourth-order valence-corrected chi connectivity index (χ4v) is 4.87. The molecule has 3 aromatic rings. The molecular weight excluding hydrogens is 410 g/mol. The summed E-state index contributed by atoms with van der Waals surface area (Å²) in [5, 5.41) is 1.04.